The smallest absolute Gasteiger partial charge is 0.119 e. The van der Waals surface area contributed by atoms with E-state index in [1.54, 1.807) is 0 Å². The van der Waals surface area contributed by atoms with E-state index >= 15 is 0 Å². The van der Waals surface area contributed by atoms with E-state index in [1.807, 2.05) is 0 Å². The number of piperidine rings is 1. The van der Waals surface area contributed by atoms with Crippen LogP contribution in [0.5, 0.6) is 5.75 Å². The SMILES string of the molecule is CNCC1CCCN(Cc2ccc(OCCC(C)C)cc2)C1. The molecule has 3 heteroatoms. The summed E-state index contributed by atoms with van der Waals surface area (Å²) in [5.41, 5.74) is 1.39. The van der Waals surface area contributed by atoms with Crippen LogP contribution in [0.1, 0.15) is 38.7 Å². The number of likely N-dealkylation sites (tertiary alicyclic amines) is 1. The lowest BCUT2D eigenvalue weighted by Gasteiger charge is -2.32. The minimum atomic E-state index is 0.698. The van der Waals surface area contributed by atoms with Crippen molar-refractivity contribution in [3.05, 3.63) is 29.8 Å². The van der Waals surface area contributed by atoms with Crippen LogP contribution in [0.15, 0.2) is 24.3 Å². The fourth-order valence-electron chi connectivity index (χ4n) is 3.11. The van der Waals surface area contributed by atoms with E-state index in [2.05, 4.69) is 55.4 Å². The van der Waals surface area contributed by atoms with Crippen LogP contribution in [0, 0.1) is 11.8 Å². The molecule has 0 aliphatic carbocycles. The third-order valence-corrected chi connectivity index (χ3v) is 4.39. The standard InChI is InChI=1S/C19H32N2O/c1-16(2)10-12-22-19-8-6-17(7-9-19)14-21-11-4-5-18(15-21)13-20-3/h6-9,16,18,20H,4-5,10-15H2,1-3H3. The Morgan fingerprint density at radius 1 is 1.27 bits per heavy atom. The summed E-state index contributed by atoms with van der Waals surface area (Å²) in [6.07, 6.45) is 3.80. The molecule has 22 heavy (non-hydrogen) atoms. The molecule has 0 aromatic heterocycles. The lowest BCUT2D eigenvalue weighted by atomic mass is 9.97. The lowest BCUT2D eigenvalue weighted by Crippen LogP contribution is -2.38. The Labute approximate surface area is 136 Å². The van der Waals surface area contributed by atoms with Gasteiger partial charge in [0.25, 0.3) is 0 Å². The number of hydrogen-bond donors (Lipinski definition) is 1. The summed E-state index contributed by atoms with van der Waals surface area (Å²) in [7, 11) is 2.05. The first kappa shape index (κ1) is 17.3. The molecule has 3 nitrogen and oxygen atoms in total. The summed E-state index contributed by atoms with van der Waals surface area (Å²) in [5, 5.41) is 3.31. The molecule has 1 saturated heterocycles. The van der Waals surface area contributed by atoms with Gasteiger partial charge >= 0.3 is 0 Å². The van der Waals surface area contributed by atoms with Crippen molar-refractivity contribution in [2.75, 3.05) is 33.3 Å². The maximum Gasteiger partial charge on any atom is 0.119 e. The number of nitrogens with one attached hydrogen (secondary N) is 1. The van der Waals surface area contributed by atoms with Crippen molar-refractivity contribution in [2.45, 2.75) is 39.7 Å². The molecule has 1 heterocycles. The van der Waals surface area contributed by atoms with Crippen LogP contribution in [0.25, 0.3) is 0 Å². The first-order chi connectivity index (χ1) is 10.7. The number of hydrogen-bond acceptors (Lipinski definition) is 3. The van der Waals surface area contributed by atoms with Gasteiger partial charge in [0.15, 0.2) is 0 Å². The van der Waals surface area contributed by atoms with E-state index in [1.165, 1.54) is 31.5 Å². The van der Waals surface area contributed by atoms with Crippen LogP contribution in [-0.2, 0) is 6.54 Å². The quantitative estimate of drug-likeness (QED) is 0.795. The average molecular weight is 304 g/mol. The Kier molecular flexibility index (Phi) is 7.20. The number of ether oxygens (including phenoxy) is 1. The molecule has 1 aromatic carbocycles. The molecule has 1 fully saturated rings. The number of nitrogens with zero attached hydrogens (tertiary/aromatic N) is 1. The molecule has 0 amide bonds. The van der Waals surface area contributed by atoms with Crippen LogP contribution >= 0.6 is 0 Å². The van der Waals surface area contributed by atoms with E-state index in [9.17, 15) is 0 Å². The van der Waals surface area contributed by atoms with Gasteiger partial charge in [0.05, 0.1) is 6.61 Å². The Morgan fingerprint density at radius 2 is 2.05 bits per heavy atom. The van der Waals surface area contributed by atoms with Crippen molar-refractivity contribution >= 4 is 0 Å². The molecule has 0 bridgehead atoms. The highest BCUT2D eigenvalue weighted by Crippen LogP contribution is 2.19. The molecule has 124 valence electrons. The van der Waals surface area contributed by atoms with Crippen LogP contribution in [0.2, 0.25) is 0 Å². The van der Waals surface area contributed by atoms with Crippen LogP contribution < -0.4 is 10.1 Å². The molecule has 1 aromatic rings. The molecule has 0 radical (unpaired) electrons. The molecule has 0 saturated carbocycles. The zero-order valence-corrected chi connectivity index (χ0v) is 14.5. The van der Waals surface area contributed by atoms with Crippen molar-refractivity contribution in [2.24, 2.45) is 11.8 Å². The van der Waals surface area contributed by atoms with Gasteiger partial charge in [-0.25, -0.2) is 0 Å². The van der Waals surface area contributed by atoms with Crippen molar-refractivity contribution in [1.82, 2.24) is 10.2 Å². The second-order valence-corrected chi connectivity index (χ2v) is 6.98. The van der Waals surface area contributed by atoms with Crippen LogP contribution in [-0.4, -0.2) is 38.2 Å². The zero-order valence-electron chi connectivity index (χ0n) is 14.5. The second kappa shape index (κ2) is 9.16. The molecule has 1 aliphatic rings. The molecule has 1 N–H and O–H groups in total. The molecule has 0 spiro atoms. The van der Waals surface area contributed by atoms with Gasteiger partial charge in [-0.1, -0.05) is 26.0 Å². The molecule has 1 unspecified atom stereocenters. The summed E-state index contributed by atoms with van der Waals surface area (Å²) in [4.78, 5) is 2.58. The first-order valence-corrected chi connectivity index (χ1v) is 8.76. The van der Waals surface area contributed by atoms with Crippen molar-refractivity contribution in [3.8, 4) is 5.75 Å². The zero-order chi connectivity index (χ0) is 15.8. The molecule has 1 aliphatic heterocycles. The van der Waals surface area contributed by atoms with E-state index in [0.29, 0.717) is 5.92 Å². The van der Waals surface area contributed by atoms with Gasteiger partial charge in [0.2, 0.25) is 0 Å². The molecule has 1 atom stereocenters. The van der Waals surface area contributed by atoms with E-state index in [4.69, 9.17) is 4.74 Å². The van der Waals surface area contributed by atoms with Crippen molar-refractivity contribution in [1.29, 1.82) is 0 Å². The molecule has 2 rings (SSSR count). The first-order valence-electron chi connectivity index (χ1n) is 8.76. The van der Waals surface area contributed by atoms with Crippen LogP contribution in [0.4, 0.5) is 0 Å². The Morgan fingerprint density at radius 3 is 2.73 bits per heavy atom. The second-order valence-electron chi connectivity index (χ2n) is 6.98. The van der Waals surface area contributed by atoms with Gasteiger partial charge < -0.3 is 10.1 Å². The summed E-state index contributed by atoms with van der Waals surface area (Å²) >= 11 is 0. The summed E-state index contributed by atoms with van der Waals surface area (Å²) in [6.45, 7) is 9.92. The largest absolute Gasteiger partial charge is 0.494 e. The third kappa shape index (κ3) is 5.98. The third-order valence-electron chi connectivity index (χ3n) is 4.39. The molecular weight excluding hydrogens is 272 g/mol. The van der Waals surface area contributed by atoms with E-state index < -0.39 is 0 Å². The monoisotopic (exact) mass is 304 g/mol. The lowest BCUT2D eigenvalue weighted by molar-refractivity contribution is 0.167. The Balaban J connectivity index is 1.78. The minimum absolute atomic E-state index is 0.698. The molecular formula is C19H32N2O. The van der Waals surface area contributed by atoms with Gasteiger partial charge in [0.1, 0.15) is 5.75 Å². The van der Waals surface area contributed by atoms with Gasteiger partial charge in [0, 0.05) is 13.1 Å². The fraction of sp³-hybridized carbons (Fsp3) is 0.684. The van der Waals surface area contributed by atoms with Gasteiger partial charge in [-0.2, -0.15) is 0 Å². The van der Waals surface area contributed by atoms with E-state index in [0.717, 1.165) is 37.8 Å². The normalized spacial score (nSPS) is 19.5. The highest BCUT2D eigenvalue weighted by Gasteiger charge is 2.19. The van der Waals surface area contributed by atoms with E-state index in [-0.39, 0.29) is 0 Å². The minimum Gasteiger partial charge on any atom is -0.494 e. The average Bonchev–Trinajstić information content (AvgIpc) is 2.49. The van der Waals surface area contributed by atoms with Crippen LogP contribution in [0.3, 0.4) is 0 Å². The van der Waals surface area contributed by atoms with Gasteiger partial charge in [-0.05, 0) is 68.9 Å². The summed E-state index contributed by atoms with van der Waals surface area (Å²) < 4.78 is 5.79. The Hall–Kier alpha value is -1.06. The van der Waals surface area contributed by atoms with Crippen molar-refractivity contribution in [3.63, 3.8) is 0 Å². The number of benzene rings is 1. The highest BCUT2D eigenvalue weighted by atomic mass is 16.5. The predicted octanol–water partition coefficient (Wildman–Crippen LogP) is 3.54. The maximum absolute atomic E-state index is 5.79. The maximum atomic E-state index is 5.79. The highest BCUT2D eigenvalue weighted by molar-refractivity contribution is 5.27. The summed E-state index contributed by atoms with van der Waals surface area (Å²) in [6, 6.07) is 8.66. The fourth-order valence-corrected chi connectivity index (χ4v) is 3.11. The number of rotatable bonds is 8. The van der Waals surface area contributed by atoms with Gasteiger partial charge in [-0.3, -0.25) is 4.90 Å². The topological polar surface area (TPSA) is 24.5 Å². The van der Waals surface area contributed by atoms with Crippen molar-refractivity contribution < 1.29 is 4.74 Å². The predicted molar refractivity (Wildman–Crippen MR) is 93.3 cm³/mol. The Bertz CT molecular complexity index is 414. The van der Waals surface area contributed by atoms with Gasteiger partial charge in [-0.15, -0.1) is 0 Å². The summed E-state index contributed by atoms with van der Waals surface area (Å²) in [5.74, 6) is 2.50.